The summed E-state index contributed by atoms with van der Waals surface area (Å²) in [6, 6.07) is 49.9. The molecule has 0 spiro atoms. The Morgan fingerprint density at radius 2 is 0.789 bits per heavy atom. The smallest absolute Gasteiger partial charge is 0.339 e. The highest BCUT2D eigenvalue weighted by Crippen LogP contribution is 2.31. The number of esters is 2. The van der Waals surface area contributed by atoms with Crippen molar-refractivity contribution in [1.29, 1.82) is 0 Å². The van der Waals surface area contributed by atoms with Gasteiger partial charge in [0.1, 0.15) is 11.5 Å². The van der Waals surface area contributed by atoms with E-state index in [1.54, 1.807) is 72.8 Å². The lowest BCUT2D eigenvalue weighted by atomic mass is 10.0. The zero-order valence-electron chi connectivity index (χ0n) is 30.3. The van der Waals surface area contributed by atoms with Gasteiger partial charge >= 0.3 is 11.9 Å². The molecule has 57 heavy (non-hydrogen) atoms. The number of Topliss-reactive ketones (excluding diaryl/α,β-unsaturated/α-hetero) is 2. The molecule has 0 unspecified atom stereocenters. The van der Waals surface area contributed by atoms with Crippen LogP contribution in [0.2, 0.25) is 0 Å². The maximum atomic E-state index is 13.3. The molecule has 2 aromatic heterocycles. The minimum absolute atomic E-state index is 0.292. The number of ketones is 2. The first-order valence-corrected chi connectivity index (χ1v) is 18.1. The van der Waals surface area contributed by atoms with E-state index >= 15 is 0 Å². The number of hydrogen-bond donors (Lipinski definition) is 0. The lowest BCUT2D eigenvalue weighted by Gasteiger charge is -2.12. The van der Waals surface area contributed by atoms with Gasteiger partial charge in [-0.2, -0.15) is 0 Å². The Bertz CT molecular complexity index is 2580. The maximum Gasteiger partial charge on any atom is 0.339 e. The first-order valence-electron chi connectivity index (χ1n) is 18.1. The fourth-order valence-corrected chi connectivity index (χ4v) is 6.34. The number of ether oxygens (including phenoxy) is 3. The van der Waals surface area contributed by atoms with Crippen molar-refractivity contribution < 1.29 is 33.4 Å². The maximum absolute atomic E-state index is 13.3. The molecule has 0 aliphatic heterocycles. The highest BCUT2D eigenvalue weighted by atomic mass is 16.5. The van der Waals surface area contributed by atoms with Crippen LogP contribution >= 0.6 is 0 Å². The summed E-state index contributed by atoms with van der Waals surface area (Å²) in [4.78, 5) is 61.3. The number of nitrogens with zero attached hydrogens (tertiary/aromatic N) is 2. The number of fused-ring (bicyclic) bond motifs is 2. The molecule has 8 aromatic rings. The third-order valence-electron chi connectivity index (χ3n) is 9.27. The van der Waals surface area contributed by atoms with Crippen molar-refractivity contribution >= 4 is 45.3 Å². The van der Waals surface area contributed by atoms with E-state index in [9.17, 15) is 19.2 Å². The van der Waals surface area contributed by atoms with E-state index in [2.05, 4.69) is 0 Å². The number of rotatable bonds is 12. The molecule has 0 atom stereocenters. The zero-order valence-corrected chi connectivity index (χ0v) is 30.3. The summed E-state index contributed by atoms with van der Waals surface area (Å²) in [6.07, 6.45) is 0. The van der Waals surface area contributed by atoms with E-state index in [1.165, 1.54) is 0 Å². The van der Waals surface area contributed by atoms with Gasteiger partial charge in [0.05, 0.1) is 33.5 Å². The third kappa shape index (κ3) is 8.18. The molecule has 276 valence electrons. The molecule has 0 fully saturated rings. The summed E-state index contributed by atoms with van der Waals surface area (Å²) in [5.74, 6) is -0.672. The van der Waals surface area contributed by atoms with Crippen LogP contribution in [0.15, 0.2) is 170 Å². The van der Waals surface area contributed by atoms with Crippen LogP contribution in [0.3, 0.4) is 0 Å². The minimum atomic E-state index is -0.618. The van der Waals surface area contributed by atoms with E-state index in [-0.39, 0.29) is 24.8 Å². The minimum Gasteiger partial charge on any atom is -0.457 e. The number of carbonyl (C=O) groups is 4. The number of carbonyl (C=O) groups excluding carboxylic acids is 4. The monoisotopic (exact) mass is 748 g/mol. The molecule has 9 heteroatoms. The summed E-state index contributed by atoms with van der Waals surface area (Å²) in [7, 11) is 0. The molecule has 0 aliphatic carbocycles. The van der Waals surface area contributed by atoms with Gasteiger partial charge in [0.25, 0.3) is 0 Å². The van der Waals surface area contributed by atoms with E-state index in [4.69, 9.17) is 24.2 Å². The molecular formula is C48H32N2O7. The fraction of sp³-hybridized carbons (Fsp3) is 0.0417. The average Bonchev–Trinajstić information content (AvgIpc) is 3.27. The summed E-state index contributed by atoms with van der Waals surface area (Å²) >= 11 is 0. The van der Waals surface area contributed by atoms with E-state index in [1.807, 2.05) is 97.1 Å². The normalized spacial score (nSPS) is 10.9. The Morgan fingerprint density at radius 1 is 0.421 bits per heavy atom. The van der Waals surface area contributed by atoms with Crippen LogP contribution in [-0.4, -0.2) is 46.7 Å². The second-order valence-corrected chi connectivity index (χ2v) is 13.0. The number of para-hydroxylation sites is 2. The molecular weight excluding hydrogens is 717 g/mol. The number of aromatic nitrogens is 2. The Labute approximate surface area is 327 Å². The van der Waals surface area contributed by atoms with Crippen molar-refractivity contribution in [3.8, 4) is 34.0 Å². The van der Waals surface area contributed by atoms with Gasteiger partial charge in [-0.1, -0.05) is 97.1 Å². The van der Waals surface area contributed by atoms with E-state index in [0.717, 1.165) is 11.1 Å². The molecule has 0 N–H and O–H groups in total. The number of pyridine rings is 2. The van der Waals surface area contributed by atoms with Crippen LogP contribution in [-0.2, 0) is 9.47 Å². The SMILES string of the molecule is O=C(COC(=O)c1cc(-c2ccc(Oc3ccc(-c4cc(C(=O)OCC(=O)c5ccccc5)c5ccccc5n4)cc3)cc2)nc2ccccc12)c1ccccc1. The number of hydrogen-bond acceptors (Lipinski definition) is 9. The molecule has 9 nitrogen and oxygen atoms in total. The van der Waals surface area contributed by atoms with Crippen molar-refractivity contribution in [2.45, 2.75) is 0 Å². The molecule has 2 heterocycles. The molecule has 0 bridgehead atoms. The van der Waals surface area contributed by atoms with Crippen molar-refractivity contribution in [3.63, 3.8) is 0 Å². The van der Waals surface area contributed by atoms with Gasteiger partial charge in [0.2, 0.25) is 0 Å². The van der Waals surface area contributed by atoms with Gasteiger partial charge in [-0.15, -0.1) is 0 Å². The Hall–Kier alpha value is -7.78. The molecule has 6 aromatic carbocycles. The topological polar surface area (TPSA) is 122 Å². The quantitative estimate of drug-likeness (QED) is 0.0888. The highest BCUT2D eigenvalue weighted by Gasteiger charge is 2.19. The second kappa shape index (κ2) is 16.3. The van der Waals surface area contributed by atoms with Gasteiger partial charge in [0, 0.05) is 33.0 Å². The summed E-state index contributed by atoms with van der Waals surface area (Å²) in [5, 5.41) is 1.24. The molecule has 0 saturated heterocycles. The standard InChI is InChI=1S/C48H32N2O7/c51-45(33-11-3-1-4-12-33)29-55-47(53)39-27-43(49-41-17-9-7-15-37(39)41)31-19-23-35(24-20-31)57-36-25-21-32(22-26-36)44-28-40(38-16-8-10-18-42(38)50-44)48(54)56-30-46(52)34-13-5-2-6-14-34/h1-28H,29-30H2. The van der Waals surface area contributed by atoms with Gasteiger partial charge in [-0.3, -0.25) is 9.59 Å². The Balaban J connectivity index is 0.969. The van der Waals surface area contributed by atoms with Gasteiger partial charge in [0.15, 0.2) is 24.8 Å². The zero-order chi connectivity index (χ0) is 39.1. The van der Waals surface area contributed by atoms with Crippen LogP contribution in [0.1, 0.15) is 41.4 Å². The third-order valence-corrected chi connectivity index (χ3v) is 9.27. The van der Waals surface area contributed by atoms with Crippen LogP contribution in [0.4, 0.5) is 0 Å². The fourth-order valence-electron chi connectivity index (χ4n) is 6.34. The average molecular weight is 749 g/mol. The summed E-state index contributed by atoms with van der Waals surface area (Å²) in [6.45, 7) is -0.760. The van der Waals surface area contributed by atoms with Crippen molar-refractivity contribution in [1.82, 2.24) is 9.97 Å². The van der Waals surface area contributed by atoms with Gasteiger partial charge in [-0.25, -0.2) is 19.6 Å². The Morgan fingerprint density at radius 3 is 1.19 bits per heavy atom. The van der Waals surface area contributed by atoms with Crippen molar-refractivity contribution in [3.05, 3.63) is 192 Å². The van der Waals surface area contributed by atoms with Crippen LogP contribution in [0.5, 0.6) is 11.5 Å². The second-order valence-electron chi connectivity index (χ2n) is 13.0. The van der Waals surface area contributed by atoms with Crippen LogP contribution in [0.25, 0.3) is 44.3 Å². The number of benzene rings is 6. The largest absolute Gasteiger partial charge is 0.457 e. The van der Waals surface area contributed by atoms with Crippen LogP contribution in [0, 0.1) is 0 Å². The van der Waals surface area contributed by atoms with Gasteiger partial charge in [-0.05, 0) is 72.8 Å². The predicted octanol–water partition coefficient (Wildman–Crippen LogP) is 9.99. The van der Waals surface area contributed by atoms with Gasteiger partial charge < -0.3 is 14.2 Å². The lowest BCUT2D eigenvalue weighted by Crippen LogP contribution is -2.14. The molecule has 0 saturated carbocycles. The highest BCUT2D eigenvalue weighted by molar-refractivity contribution is 6.07. The van der Waals surface area contributed by atoms with E-state index in [0.29, 0.717) is 66.9 Å². The molecule has 0 radical (unpaired) electrons. The molecule has 8 rings (SSSR count). The van der Waals surface area contributed by atoms with Crippen LogP contribution < -0.4 is 4.74 Å². The van der Waals surface area contributed by atoms with Crippen molar-refractivity contribution in [2.24, 2.45) is 0 Å². The van der Waals surface area contributed by atoms with Crippen molar-refractivity contribution in [2.75, 3.05) is 13.2 Å². The summed E-state index contributed by atoms with van der Waals surface area (Å²) < 4.78 is 17.1. The van der Waals surface area contributed by atoms with E-state index < -0.39 is 11.9 Å². The first-order chi connectivity index (χ1) is 27.9. The molecule has 0 aliphatic rings. The lowest BCUT2D eigenvalue weighted by molar-refractivity contribution is 0.0474. The Kier molecular flexibility index (Phi) is 10.4. The molecule has 0 amide bonds. The summed E-state index contributed by atoms with van der Waals surface area (Å²) in [5.41, 5.74) is 5.38. The first kappa shape index (κ1) is 36.2. The predicted molar refractivity (Wildman–Crippen MR) is 217 cm³/mol.